The zero-order chi connectivity index (χ0) is 17.8. The van der Waals surface area contributed by atoms with Crippen molar-refractivity contribution >= 4 is 14.0 Å². The molecule has 0 spiro atoms. The van der Waals surface area contributed by atoms with E-state index in [1.54, 1.807) is 6.07 Å². The highest BCUT2D eigenvalue weighted by Crippen LogP contribution is 2.35. The number of alkyl halides is 2. The number of halogens is 2. The molecule has 126 valence electrons. The fourth-order valence-corrected chi connectivity index (χ4v) is 2.24. The molecule has 0 N–H and O–H groups in total. The maximum atomic E-state index is 13.9. The van der Waals surface area contributed by atoms with Gasteiger partial charge in [-0.25, -0.2) is 13.6 Å². The standard InChI is InChI=1S/C17H22F2O3Si/c1-12(16(20)21-3)22-15-8-7-13(9-10-23(4,5)6)11-14(15)17(2,18)19/h7-8,11-12H,1-6H3. The molecule has 0 aliphatic carbocycles. The van der Waals surface area contributed by atoms with Gasteiger partial charge in [0.25, 0.3) is 5.92 Å². The van der Waals surface area contributed by atoms with Crippen LogP contribution in [-0.4, -0.2) is 27.3 Å². The van der Waals surface area contributed by atoms with Crippen LogP contribution in [0.5, 0.6) is 5.75 Å². The first-order valence-electron chi connectivity index (χ1n) is 7.24. The van der Waals surface area contributed by atoms with E-state index >= 15 is 0 Å². The molecule has 1 atom stereocenters. The van der Waals surface area contributed by atoms with Crippen molar-refractivity contribution in [3.8, 4) is 17.2 Å². The Kier molecular flexibility index (Phi) is 5.95. The normalized spacial score (nSPS) is 12.9. The SMILES string of the molecule is COC(=O)C(C)Oc1ccc(C#C[Si](C)(C)C)cc1C(C)(F)F. The molecule has 0 aliphatic rings. The Morgan fingerprint density at radius 3 is 2.39 bits per heavy atom. The van der Waals surface area contributed by atoms with Gasteiger partial charge in [-0.3, -0.25) is 0 Å². The second kappa shape index (κ2) is 7.13. The zero-order valence-electron chi connectivity index (χ0n) is 14.3. The molecular weight excluding hydrogens is 318 g/mol. The van der Waals surface area contributed by atoms with E-state index in [0.29, 0.717) is 5.56 Å². The van der Waals surface area contributed by atoms with Crippen LogP contribution in [0.1, 0.15) is 25.0 Å². The predicted octanol–water partition coefficient (Wildman–Crippen LogP) is 3.97. The first-order chi connectivity index (χ1) is 10.4. The van der Waals surface area contributed by atoms with Gasteiger partial charge in [-0.15, -0.1) is 5.54 Å². The molecular formula is C17H22F2O3Si. The highest BCUT2D eigenvalue weighted by atomic mass is 28.3. The maximum Gasteiger partial charge on any atom is 0.346 e. The third kappa shape index (κ3) is 6.03. The Hall–Kier alpha value is -1.87. The summed E-state index contributed by atoms with van der Waals surface area (Å²) < 4.78 is 37.6. The van der Waals surface area contributed by atoms with Gasteiger partial charge < -0.3 is 9.47 Å². The highest BCUT2D eigenvalue weighted by molar-refractivity contribution is 6.83. The monoisotopic (exact) mass is 340 g/mol. The summed E-state index contributed by atoms with van der Waals surface area (Å²) in [6, 6.07) is 4.34. The van der Waals surface area contributed by atoms with E-state index < -0.39 is 26.1 Å². The van der Waals surface area contributed by atoms with Crippen molar-refractivity contribution in [3.05, 3.63) is 29.3 Å². The van der Waals surface area contributed by atoms with Crippen LogP contribution in [0.25, 0.3) is 0 Å². The molecule has 0 aliphatic heterocycles. The molecule has 6 heteroatoms. The molecule has 0 heterocycles. The minimum Gasteiger partial charge on any atom is -0.479 e. The molecule has 0 aromatic heterocycles. The fraction of sp³-hybridized carbons (Fsp3) is 0.471. The van der Waals surface area contributed by atoms with Crippen molar-refractivity contribution < 1.29 is 23.0 Å². The fourth-order valence-electron chi connectivity index (χ4n) is 1.72. The van der Waals surface area contributed by atoms with Gasteiger partial charge in [-0.2, -0.15) is 0 Å². The Morgan fingerprint density at radius 2 is 1.91 bits per heavy atom. The minimum atomic E-state index is -3.11. The van der Waals surface area contributed by atoms with Crippen LogP contribution in [0.4, 0.5) is 8.78 Å². The lowest BCUT2D eigenvalue weighted by molar-refractivity contribution is -0.148. The number of carbonyl (C=O) groups excluding carboxylic acids is 1. The molecule has 0 bridgehead atoms. The first-order valence-corrected chi connectivity index (χ1v) is 10.7. The summed E-state index contributed by atoms with van der Waals surface area (Å²) in [7, 11) is -0.389. The second-order valence-electron chi connectivity index (χ2n) is 6.38. The molecule has 0 saturated heterocycles. The molecule has 23 heavy (non-hydrogen) atoms. The molecule has 1 rings (SSSR count). The number of carbonyl (C=O) groups is 1. The van der Waals surface area contributed by atoms with Crippen LogP contribution in [0.3, 0.4) is 0 Å². The molecule has 0 fully saturated rings. The smallest absolute Gasteiger partial charge is 0.346 e. The summed E-state index contributed by atoms with van der Waals surface area (Å²) in [5, 5.41) is 0. The lowest BCUT2D eigenvalue weighted by Crippen LogP contribution is -2.26. The Balaban J connectivity index is 3.22. The van der Waals surface area contributed by atoms with Crippen molar-refractivity contribution in [2.75, 3.05) is 7.11 Å². The number of benzene rings is 1. The number of rotatable bonds is 4. The van der Waals surface area contributed by atoms with Gasteiger partial charge in [-0.1, -0.05) is 25.6 Å². The number of ether oxygens (including phenoxy) is 2. The summed E-state index contributed by atoms with van der Waals surface area (Å²) >= 11 is 0. The van der Waals surface area contributed by atoms with Gasteiger partial charge in [0, 0.05) is 12.5 Å². The van der Waals surface area contributed by atoms with Gasteiger partial charge in [0.05, 0.1) is 12.7 Å². The van der Waals surface area contributed by atoms with E-state index in [9.17, 15) is 13.6 Å². The number of hydrogen-bond donors (Lipinski definition) is 0. The van der Waals surface area contributed by atoms with Crippen LogP contribution < -0.4 is 4.74 Å². The number of esters is 1. The van der Waals surface area contributed by atoms with E-state index in [4.69, 9.17) is 4.74 Å². The Bertz CT molecular complexity index is 634. The molecule has 1 aromatic carbocycles. The van der Waals surface area contributed by atoms with Crippen LogP contribution in [0.15, 0.2) is 18.2 Å². The summed E-state index contributed by atoms with van der Waals surface area (Å²) in [6.07, 6.45) is -0.972. The van der Waals surface area contributed by atoms with Crippen molar-refractivity contribution in [1.29, 1.82) is 0 Å². The van der Waals surface area contributed by atoms with E-state index in [0.717, 1.165) is 6.92 Å². The third-order valence-corrected chi connectivity index (χ3v) is 3.75. The zero-order valence-corrected chi connectivity index (χ0v) is 15.3. The van der Waals surface area contributed by atoms with Gasteiger partial charge in [0.1, 0.15) is 13.8 Å². The number of methoxy groups -OCH3 is 1. The molecule has 1 unspecified atom stereocenters. The molecule has 1 aromatic rings. The molecule has 3 nitrogen and oxygen atoms in total. The lowest BCUT2D eigenvalue weighted by atomic mass is 10.1. The van der Waals surface area contributed by atoms with E-state index in [1.165, 1.54) is 26.2 Å². The van der Waals surface area contributed by atoms with Crippen LogP contribution >= 0.6 is 0 Å². The van der Waals surface area contributed by atoms with Gasteiger partial charge in [-0.05, 0) is 25.1 Å². The van der Waals surface area contributed by atoms with E-state index in [1.807, 2.05) is 0 Å². The van der Waals surface area contributed by atoms with Crippen molar-refractivity contribution in [2.24, 2.45) is 0 Å². The predicted molar refractivity (Wildman–Crippen MR) is 88.3 cm³/mol. The van der Waals surface area contributed by atoms with Crippen LogP contribution in [0.2, 0.25) is 19.6 Å². The number of hydrogen-bond acceptors (Lipinski definition) is 3. The topological polar surface area (TPSA) is 35.5 Å². The summed E-state index contributed by atoms with van der Waals surface area (Å²) in [6.45, 7) is 8.45. The highest BCUT2D eigenvalue weighted by Gasteiger charge is 2.30. The van der Waals surface area contributed by atoms with Gasteiger partial charge >= 0.3 is 5.97 Å². The molecule has 0 saturated carbocycles. The Morgan fingerprint density at radius 1 is 1.30 bits per heavy atom. The third-order valence-electron chi connectivity index (χ3n) is 2.87. The van der Waals surface area contributed by atoms with Crippen molar-refractivity contribution in [3.63, 3.8) is 0 Å². The van der Waals surface area contributed by atoms with Crippen molar-refractivity contribution in [2.45, 2.75) is 45.5 Å². The largest absolute Gasteiger partial charge is 0.479 e. The molecule has 0 amide bonds. The second-order valence-corrected chi connectivity index (χ2v) is 11.1. The van der Waals surface area contributed by atoms with Gasteiger partial charge in [0.2, 0.25) is 0 Å². The van der Waals surface area contributed by atoms with Gasteiger partial charge in [0.15, 0.2) is 6.10 Å². The summed E-state index contributed by atoms with van der Waals surface area (Å²) in [4.78, 5) is 11.4. The average molecular weight is 340 g/mol. The Labute approximate surface area is 137 Å². The summed E-state index contributed by atoms with van der Waals surface area (Å²) in [5.41, 5.74) is 3.34. The van der Waals surface area contributed by atoms with Crippen LogP contribution in [-0.2, 0) is 15.5 Å². The summed E-state index contributed by atoms with van der Waals surface area (Å²) in [5.74, 6) is -0.840. The van der Waals surface area contributed by atoms with Crippen molar-refractivity contribution in [1.82, 2.24) is 0 Å². The average Bonchev–Trinajstić information content (AvgIpc) is 2.43. The van der Waals surface area contributed by atoms with Crippen LogP contribution in [0, 0.1) is 11.5 Å². The maximum absolute atomic E-state index is 13.9. The quantitative estimate of drug-likeness (QED) is 0.473. The molecule has 0 radical (unpaired) electrons. The van der Waals surface area contributed by atoms with E-state index in [-0.39, 0.29) is 11.3 Å². The lowest BCUT2D eigenvalue weighted by Gasteiger charge is -2.19. The minimum absolute atomic E-state index is 0.0473. The van der Waals surface area contributed by atoms with E-state index in [2.05, 4.69) is 35.8 Å². The first kappa shape index (κ1) is 19.2.